The number of rotatable bonds is 0. The first-order chi connectivity index (χ1) is 8.13. The third kappa shape index (κ3) is 1.34. The van der Waals surface area contributed by atoms with Gasteiger partial charge in [0.2, 0.25) is 5.91 Å². The number of carbonyl (C=O) groups is 1. The van der Waals surface area contributed by atoms with Gasteiger partial charge in [-0.15, -0.1) is 0 Å². The van der Waals surface area contributed by atoms with E-state index in [0.717, 1.165) is 17.7 Å². The molecular formula is C13H13FN2O. The Kier molecular flexibility index (Phi) is 2.10. The largest absolute Gasteiger partial charge is 0.322 e. The number of fused-ring (bicyclic) bond motifs is 2. The summed E-state index contributed by atoms with van der Waals surface area (Å²) < 4.78 is 13.8. The highest BCUT2D eigenvalue weighted by atomic mass is 19.1. The number of hydrogen-bond acceptors (Lipinski definition) is 2. The molecule has 0 fully saturated rings. The lowest BCUT2D eigenvalue weighted by Gasteiger charge is -2.27. The summed E-state index contributed by atoms with van der Waals surface area (Å²) in [4.78, 5) is 12.1. The van der Waals surface area contributed by atoms with Gasteiger partial charge in [0.25, 0.3) is 0 Å². The van der Waals surface area contributed by atoms with Crippen LogP contribution in [-0.4, -0.2) is 19.0 Å². The lowest BCUT2D eigenvalue weighted by molar-refractivity contribution is -0.119. The summed E-state index contributed by atoms with van der Waals surface area (Å²) >= 11 is 0. The Morgan fingerprint density at radius 2 is 2.24 bits per heavy atom. The average molecular weight is 232 g/mol. The fourth-order valence-corrected chi connectivity index (χ4v) is 2.58. The van der Waals surface area contributed by atoms with Gasteiger partial charge in [0.05, 0.1) is 5.69 Å². The van der Waals surface area contributed by atoms with Gasteiger partial charge in [-0.3, -0.25) is 4.79 Å². The van der Waals surface area contributed by atoms with Crippen molar-refractivity contribution in [3.8, 4) is 0 Å². The molecular weight excluding hydrogens is 219 g/mol. The third-order valence-corrected chi connectivity index (χ3v) is 3.43. The van der Waals surface area contributed by atoms with Gasteiger partial charge in [0, 0.05) is 13.1 Å². The Bertz CT molecular complexity index is 538. The minimum atomic E-state index is -0.736. The first kappa shape index (κ1) is 10.5. The van der Waals surface area contributed by atoms with Crippen LogP contribution in [0.3, 0.4) is 0 Å². The van der Waals surface area contributed by atoms with Gasteiger partial charge in [-0.05, 0) is 24.1 Å². The van der Waals surface area contributed by atoms with Crippen molar-refractivity contribution in [3.05, 3.63) is 41.2 Å². The molecule has 3 rings (SSSR count). The quantitative estimate of drug-likeness (QED) is 0.665. The van der Waals surface area contributed by atoms with Gasteiger partial charge in [0.1, 0.15) is 11.2 Å². The summed E-state index contributed by atoms with van der Waals surface area (Å²) in [5, 5.41) is 5.81. The van der Waals surface area contributed by atoms with Crippen LogP contribution in [0.1, 0.15) is 11.1 Å². The van der Waals surface area contributed by atoms with E-state index in [1.165, 1.54) is 6.07 Å². The molecule has 2 aliphatic heterocycles. The molecule has 2 heterocycles. The van der Waals surface area contributed by atoms with Crippen LogP contribution >= 0.6 is 0 Å². The lowest BCUT2D eigenvalue weighted by atomic mass is 9.79. The predicted octanol–water partition coefficient (Wildman–Crippen LogP) is 1.48. The van der Waals surface area contributed by atoms with Gasteiger partial charge in [-0.1, -0.05) is 18.2 Å². The Morgan fingerprint density at radius 3 is 2.94 bits per heavy atom. The van der Waals surface area contributed by atoms with E-state index in [-0.39, 0.29) is 11.7 Å². The van der Waals surface area contributed by atoms with Crippen LogP contribution in [-0.2, 0) is 10.2 Å². The second-order valence-corrected chi connectivity index (χ2v) is 4.63. The summed E-state index contributed by atoms with van der Waals surface area (Å²) in [7, 11) is 0. The fourth-order valence-electron chi connectivity index (χ4n) is 2.58. The van der Waals surface area contributed by atoms with Gasteiger partial charge in [-0.25, -0.2) is 4.39 Å². The van der Waals surface area contributed by atoms with Crippen LogP contribution in [0.4, 0.5) is 10.1 Å². The van der Waals surface area contributed by atoms with E-state index >= 15 is 0 Å². The Morgan fingerprint density at radius 1 is 1.41 bits per heavy atom. The molecule has 1 aromatic carbocycles. The van der Waals surface area contributed by atoms with E-state index in [9.17, 15) is 9.18 Å². The van der Waals surface area contributed by atoms with E-state index in [2.05, 4.69) is 10.6 Å². The number of hydrogen-bond donors (Lipinski definition) is 2. The van der Waals surface area contributed by atoms with E-state index in [0.29, 0.717) is 12.2 Å². The summed E-state index contributed by atoms with van der Waals surface area (Å²) in [5.41, 5.74) is 1.16. The fraction of sp³-hybridized carbons (Fsp3) is 0.308. The van der Waals surface area contributed by atoms with Crippen molar-refractivity contribution in [1.82, 2.24) is 5.32 Å². The van der Waals surface area contributed by atoms with Crippen LogP contribution < -0.4 is 10.6 Å². The first-order valence-corrected chi connectivity index (χ1v) is 5.64. The normalized spacial score (nSPS) is 26.1. The molecule has 2 N–H and O–H groups in total. The van der Waals surface area contributed by atoms with Gasteiger partial charge in [-0.2, -0.15) is 0 Å². The van der Waals surface area contributed by atoms with Crippen LogP contribution in [0.5, 0.6) is 0 Å². The minimum absolute atomic E-state index is 0.152. The van der Waals surface area contributed by atoms with Crippen molar-refractivity contribution in [3.63, 3.8) is 0 Å². The molecule has 1 aromatic rings. The number of benzene rings is 1. The highest BCUT2D eigenvalue weighted by Gasteiger charge is 2.46. The first-order valence-electron chi connectivity index (χ1n) is 5.64. The number of carbonyl (C=O) groups excluding carboxylic acids is 1. The zero-order valence-corrected chi connectivity index (χ0v) is 9.51. The highest BCUT2D eigenvalue weighted by Crippen LogP contribution is 2.41. The number of amides is 1. The molecule has 17 heavy (non-hydrogen) atoms. The minimum Gasteiger partial charge on any atom is -0.322 e. The molecule has 4 heteroatoms. The Balaban J connectivity index is 2.25. The lowest BCUT2D eigenvalue weighted by Crippen LogP contribution is -2.45. The summed E-state index contributed by atoms with van der Waals surface area (Å²) in [6, 6.07) is 3.33. The number of anilines is 1. The van der Waals surface area contributed by atoms with E-state index in [1.807, 2.05) is 25.1 Å². The second kappa shape index (κ2) is 3.40. The molecule has 0 radical (unpaired) electrons. The third-order valence-electron chi connectivity index (χ3n) is 3.43. The van der Waals surface area contributed by atoms with E-state index in [4.69, 9.17) is 0 Å². The van der Waals surface area contributed by atoms with Crippen molar-refractivity contribution in [1.29, 1.82) is 0 Å². The van der Waals surface area contributed by atoms with Crippen LogP contribution in [0.2, 0.25) is 0 Å². The molecule has 0 aromatic heterocycles. The molecule has 1 amide bonds. The van der Waals surface area contributed by atoms with Crippen molar-refractivity contribution in [2.24, 2.45) is 0 Å². The molecule has 1 atom stereocenters. The summed E-state index contributed by atoms with van der Waals surface area (Å²) in [6.07, 6.45) is 3.79. The zero-order valence-electron chi connectivity index (χ0n) is 9.51. The van der Waals surface area contributed by atoms with E-state index < -0.39 is 5.41 Å². The van der Waals surface area contributed by atoms with Crippen LogP contribution in [0.25, 0.3) is 0 Å². The van der Waals surface area contributed by atoms with Crippen LogP contribution in [0.15, 0.2) is 24.3 Å². The number of halogens is 1. The molecule has 1 spiro atoms. The van der Waals surface area contributed by atoms with Crippen LogP contribution in [0, 0.1) is 12.7 Å². The van der Waals surface area contributed by atoms with Crippen molar-refractivity contribution < 1.29 is 9.18 Å². The topological polar surface area (TPSA) is 41.1 Å². The van der Waals surface area contributed by atoms with Gasteiger partial charge in [0.15, 0.2) is 0 Å². The summed E-state index contributed by atoms with van der Waals surface area (Å²) in [6.45, 7) is 3.10. The highest BCUT2D eigenvalue weighted by molar-refractivity contribution is 6.08. The smallest absolute Gasteiger partial charge is 0.240 e. The molecule has 3 nitrogen and oxygen atoms in total. The molecule has 0 bridgehead atoms. The maximum Gasteiger partial charge on any atom is 0.240 e. The Labute approximate surface area is 98.7 Å². The average Bonchev–Trinajstić information content (AvgIpc) is 2.56. The monoisotopic (exact) mass is 232 g/mol. The van der Waals surface area contributed by atoms with Gasteiger partial charge < -0.3 is 10.6 Å². The number of aryl methyl sites for hydroxylation is 1. The maximum absolute atomic E-state index is 13.8. The maximum atomic E-state index is 13.8. The second-order valence-electron chi connectivity index (χ2n) is 4.63. The van der Waals surface area contributed by atoms with Crippen molar-refractivity contribution in [2.75, 3.05) is 18.4 Å². The van der Waals surface area contributed by atoms with Crippen molar-refractivity contribution in [2.45, 2.75) is 12.3 Å². The zero-order chi connectivity index (χ0) is 12.0. The molecule has 0 aliphatic carbocycles. The molecule has 0 saturated heterocycles. The Hall–Kier alpha value is -1.68. The molecule has 0 unspecified atom stereocenters. The van der Waals surface area contributed by atoms with Crippen molar-refractivity contribution >= 4 is 11.6 Å². The summed E-state index contributed by atoms with van der Waals surface area (Å²) in [5.74, 6) is -0.510. The number of nitrogens with one attached hydrogen (secondary N) is 2. The van der Waals surface area contributed by atoms with Gasteiger partial charge >= 0.3 is 0 Å². The SMILES string of the molecule is Cc1cc(F)c2c(c1)[C@]1(C=CCNC1)C(=O)N2. The predicted molar refractivity (Wildman–Crippen MR) is 63.5 cm³/mol. The molecule has 88 valence electrons. The van der Waals surface area contributed by atoms with E-state index in [1.54, 1.807) is 0 Å². The molecule has 2 aliphatic rings. The standard InChI is InChI=1S/C13H13FN2O/c1-8-5-9-11(10(14)6-8)16-12(17)13(9)3-2-4-15-7-13/h2-3,5-6,15H,4,7H2,1H3,(H,16,17)/t13-/m1/s1. The molecule has 0 saturated carbocycles.